The van der Waals surface area contributed by atoms with Gasteiger partial charge in [-0.25, -0.2) is 9.67 Å². The van der Waals surface area contributed by atoms with Crippen LogP contribution < -0.4 is 10.1 Å². The van der Waals surface area contributed by atoms with Gasteiger partial charge >= 0.3 is 0 Å². The number of rotatable bonds is 7. The molecule has 29 heavy (non-hydrogen) atoms. The molecule has 1 fully saturated rings. The molecule has 0 saturated carbocycles. The molecule has 2 aromatic heterocycles. The number of thiazole rings is 1. The molecule has 1 unspecified atom stereocenters. The SMILES string of the molecule is Cc1cc(C)n(-c2nc(C(=O)NCc3cccc(OCC4CCCO4)c3)cs2)n1. The van der Waals surface area contributed by atoms with E-state index in [4.69, 9.17) is 9.47 Å². The zero-order chi connectivity index (χ0) is 20.2. The fourth-order valence-electron chi connectivity index (χ4n) is 3.27. The van der Waals surface area contributed by atoms with Crippen molar-refractivity contribution in [1.82, 2.24) is 20.1 Å². The normalized spacial score (nSPS) is 16.1. The third kappa shape index (κ3) is 4.83. The van der Waals surface area contributed by atoms with Crippen LogP contribution in [-0.2, 0) is 11.3 Å². The number of aromatic nitrogens is 3. The third-order valence-corrected chi connectivity index (χ3v) is 5.54. The van der Waals surface area contributed by atoms with E-state index in [9.17, 15) is 4.79 Å². The Morgan fingerprint density at radius 1 is 1.38 bits per heavy atom. The van der Waals surface area contributed by atoms with Gasteiger partial charge < -0.3 is 14.8 Å². The first-order valence-corrected chi connectivity index (χ1v) is 10.6. The van der Waals surface area contributed by atoms with Gasteiger partial charge in [0.2, 0.25) is 5.13 Å². The van der Waals surface area contributed by atoms with Crippen LogP contribution >= 0.6 is 11.3 Å². The maximum atomic E-state index is 12.5. The maximum Gasteiger partial charge on any atom is 0.271 e. The Bertz CT molecular complexity index is 991. The molecule has 8 heteroatoms. The first-order valence-electron chi connectivity index (χ1n) is 9.69. The van der Waals surface area contributed by atoms with Gasteiger partial charge in [-0.2, -0.15) is 5.10 Å². The van der Waals surface area contributed by atoms with Crippen molar-refractivity contribution in [2.45, 2.75) is 39.3 Å². The van der Waals surface area contributed by atoms with Crippen molar-refractivity contribution < 1.29 is 14.3 Å². The summed E-state index contributed by atoms with van der Waals surface area (Å²) in [6, 6.07) is 9.73. The molecule has 1 atom stereocenters. The van der Waals surface area contributed by atoms with Gasteiger partial charge in [0, 0.05) is 24.2 Å². The molecular formula is C21H24N4O3S. The number of carbonyl (C=O) groups excluding carboxylic acids is 1. The van der Waals surface area contributed by atoms with E-state index in [1.54, 1.807) is 10.1 Å². The van der Waals surface area contributed by atoms with Crippen molar-refractivity contribution in [2.75, 3.05) is 13.2 Å². The minimum absolute atomic E-state index is 0.180. The predicted molar refractivity (Wildman–Crippen MR) is 111 cm³/mol. The number of benzene rings is 1. The predicted octanol–water partition coefficient (Wildman–Crippen LogP) is 3.43. The highest BCUT2D eigenvalue weighted by Gasteiger charge is 2.16. The number of hydrogen-bond donors (Lipinski definition) is 1. The molecule has 7 nitrogen and oxygen atoms in total. The summed E-state index contributed by atoms with van der Waals surface area (Å²) in [6.45, 7) is 5.68. The standard InChI is InChI=1S/C21H24N4O3S/c1-14-9-15(2)25(24-14)21-23-19(13-29-21)20(26)22-11-16-5-3-6-17(10-16)28-12-18-7-4-8-27-18/h3,5-6,9-10,13,18H,4,7-8,11-12H2,1-2H3,(H,22,26). The fourth-order valence-corrected chi connectivity index (χ4v) is 4.08. The lowest BCUT2D eigenvalue weighted by Gasteiger charge is -2.12. The summed E-state index contributed by atoms with van der Waals surface area (Å²) in [4.78, 5) is 16.9. The van der Waals surface area contributed by atoms with E-state index in [2.05, 4.69) is 15.4 Å². The van der Waals surface area contributed by atoms with Crippen LogP contribution in [0.5, 0.6) is 5.75 Å². The summed E-state index contributed by atoms with van der Waals surface area (Å²) in [5, 5.41) is 9.77. The van der Waals surface area contributed by atoms with Crippen LogP contribution in [0.25, 0.3) is 5.13 Å². The van der Waals surface area contributed by atoms with E-state index < -0.39 is 0 Å². The van der Waals surface area contributed by atoms with Crippen molar-refractivity contribution in [3.05, 3.63) is 58.4 Å². The molecule has 3 aromatic rings. The summed E-state index contributed by atoms with van der Waals surface area (Å²) >= 11 is 1.40. The largest absolute Gasteiger partial charge is 0.491 e. The Morgan fingerprint density at radius 3 is 3.03 bits per heavy atom. The van der Waals surface area contributed by atoms with Gasteiger partial charge in [0.1, 0.15) is 18.1 Å². The highest BCUT2D eigenvalue weighted by atomic mass is 32.1. The van der Waals surface area contributed by atoms with Crippen LogP contribution in [0.4, 0.5) is 0 Å². The molecule has 1 amide bonds. The first-order chi connectivity index (χ1) is 14.1. The Labute approximate surface area is 173 Å². The molecule has 1 aliphatic heterocycles. The molecule has 4 rings (SSSR count). The minimum atomic E-state index is -0.209. The smallest absolute Gasteiger partial charge is 0.271 e. The van der Waals surface area contributed by atoms with Gasteiger partial charge in [0.15, 0.2) is 0 Å². The zero-order valence-electron chi connectivity index (χ0n) is 16.6. The van der Waals surface area contributed by atoms with Crippen molar-refractivity contribution in [3.63, 3.8) is 0 Å². The summed E-state index contributed by atoms with van der Waals surface area (Å²) in [7, 11) is 0. The highest BCUT2D eigenvalue weighted by molar-refractivity contribution is 7.12. The van der Waals surface area contributed by atoms with E-state index in [0.29, 0.717) is 24.0 Å². The average Bonchev–Trinajstić information content (AvgIpc) is 3.46. The summed E-state index contributed by atoms with van der Waals surface area (Å²) in [5.41, 5.74) is 3.27. The van der Waals surface area contributed by atoms with Crippen molar-refractivity contribution in [1.29, 1.82) is 0 Å². The summed E-state index contributed by atoms with van der Waals surface area (Å²) in [6.07, 6.45) is 2.32. The van der Waals surface area contributed by atoms with Gasteiger partial charge in [-0.15, -0.1) is 11.3 Å². The van der Waals surface area contributed by atoms with Gasteiger partial charge in [0.05, 0.1) is 11.8 Å². The lowest BCUT2D eigenvalue weighted by molar-refractivity contribution is 0.0679. The van der Waals surface area contributed by atoms with Crippen molar-refractivity contribution in [2.24, 2.45) is 0 Å². The highest BCUT2D eigenvalue weighted by Crippen LogP contribution is 2.19. The number of carbonyl (C=O) groups is 1. The topological polar surface area (TPSA) is 78.3 Å². The molecule has 1 aromatic carbocycles. The second-order valence-electron chi connectivity index (χ2n) is 7.13. The molecule has 1 N–H and O–H groups in total. The van der Waals surface area contributed by atoms with Gasteiger partial charge in [0.25, 0.3) is 5.91 Å². The van der Waals surface area contributed by atoms with Gasteiger partial charge in [-0.05, 0) is 50.5 Å². The van der Waals surface area contributed by atoms with Gasteiger partial charge in [-0.1, -0.05) is 12.1 Å². The van der Waals surface area contributed by atoms with E-state index in [1.807, 2.05) is 44.2 Å². The Kier molecular flexibility index (Phi) is 5.92. The number of ether oxygens (including phenoxy) is 2. The molecule has 0 radical (unpaired) electrons. The lowest BCUT2D eigenvalue weighted by atomic mass is 10.2. The Balaban J connectivity index is 1.33. The zero-order valence-corrected chi connectivity index (χ0v) is 17.4. The lowest BCUT2D eigenvalue weighted by Crippen LogP contribution is -2.23. The van der Waals surface area contributed by atoms with Crippen LogP contribution in [0.2, 0.25) is 0 Å². The van der Waals surface area contributed by atoms with Crippen LogP contribution in [0.1, 0.15) is 40.3 Å². The number of nitrogens with one attached hydrogen (secondary N) is 1. The quantitative estimate of drug-likeness (QED) is 0.643. The fraction of sp³-hybridized carbons (Fsp3) is 0.381. The first kappa shape index (κ1) is 19.6. The third-order valence-electron chi connectivity index (χ3n) is 4.73. The Morgan fingerprint density at radius 2 is 2.28 bits per heavy atom. The minimum Gasteiger partial charge on any atom is -0.491 e. The van der Waals surface area contributed by atoms with Crippen LogP contribution in [0, 0.1) is 13.8 Å². The van der Waals surface area contributed by atoms with Crippen molar-refractivity contribution in [3.8, 4) is 10.9 Å². The summed E-state index contributed by atoms with van der Waals surface area (Å²) in [5.74, 6) is 0.576. The molecular weight excluding hydrogens is 388 g/mol. The Hall–Kier alpha value is -2.71. The monoisotopic (exact) mass is 412 g/mol. The molecule has 0 spiro atoms. The molecule has 0 bridgehead atoms. The van der Waals surface area contributed by atoms with Crippen LogP contribution in [0.3, 0.4) is 0 Å². The van der Waals surface area contributed by atoms with Crippen molar-refractivity contribution >= 4 is 17.2 Å². The van der Waals surface area contributed by atoms with Crippen LogP contribution in [-0.4, -0.2) is 40.0 Å². The molecule has 3 heterocycles. The number of nitrogens with zero attached hydrogens (tertiary/aromatic N) is 3. The summed E-state index contributed by atoms with van der Waals surface area (Å²) < 4.78 is 13.2. The average molecular weight is 413 g/mol. The maximum absolute atomic E-state index is 12.5. The van der Waals surface area contributed by atoms with E-state index >= 15 is 0 Å². The number of hydrogen-bond acceptors (Lipinski definition) is 6. The van der Waals surface area contributed by atoms with Crippen LogP contribution in [0.15, 0.2) is 35.7 Å². The van der Waals surface area contributed by atoms with Gasteiger partial charge in [-0.3, -0.25) is 4.79 Å². The van der Waals surface area contributed by atoms with E-state index in [-0.39, 0.29) is 12.0 Å². The number of amides is 1. The molecule has 0 aliphatic carbocycles. The molecule has 152 valence electrons. The number of aryl methyl sites for hydroxylation is 2. The second-order valence-corrected chi connectivity index (χ2v) is 7.97. The second kappa shape index (κ2) is 8.75. The van der Waals surface area contributed by atoms with E-state index in [1.165, 1.54) is 11.3 Å². The van der Waals surface area contributed by atoms with E-state index in [0.717, 1.165) is 42.1 Å². The molecule has 1 aliphatic rings. The molecule has 1 saturated heterocycles.